The number of benzene rings is 3. The second-order valence-corrected chi connectivity index (χ2v) is 8.33. The van der Waals surface area contributed by atoms with Gasteiger partial charge in [-0.2, -0.15) is 0 Å². The van der Waals surface area contributed by atoms with E-state index < -0.39 is 15.8 Å². The zero-order valence-electron chi connectivity index (χ0n) is 16.1. The molecule has 1 aromatic heterocycles. The number of aromatic nitrogens is 2. The standard InChI is InChI=1S/C22H19FN4O2S/c1-2-15-6-5-7-17(14-15)24-21-22(26-20-9-4-3-8-19(20)25-21)27-30(28,29)18-12-10-16(23)11-13-18/h3-14H,2H2,1H3,(H,24,25)(H,26,27). The van der Waals surface area contributed by atoms with Crippen molar-refractivity contribution >= 4 is 38.4 Å². The second kappa shape index (κ2) is 8.08. The average molecular weight is 422 g/mol. The summed E-state index contributed by atoms with van der Waals surface area (Å²) in [5.74, 6) is -0.190. The third kappa shape index (κ3) is 4.23. The molecule has 8 heteroatoms. The summed E-state index contributed by atoms with van der Waals surface area (Å²) in [5.41, 5.74) is 3.06. The van der Waals surface area contributed by atoms with Crippen molar-refractivity contribution in [3.8, 4) is 0 Å². The summed E-state index contributed by atoms with van der Waals surface area (Å²) in [7, 11) is -3.99. The van der Waals surface area contributed by atoms with Crippen molar-refractivity contribution in [2.75, 3.05) is 10.0 Å². The Bertz CT molecular complexity index is 1310. The fraction of sp³-hybridized carbons (Fsp3) is 0.0909. The minimum absolute atomic E-state index is 0.0555. The Labute approximate surface area is 173 Å². The molecule has 0 amide bonds. The van der Waals surface area contributed by atoms with Crippen LogP contribution in [0.5, 0.6) is 0 Å². The predicted octanol–water partition coefficient (Wildman–Crippen LogP) is 4.88. The van der Waals surface area contributed by atoms with Gasteiger partial charge < -0.3 is 5.32 Å². The molecule has 0 spiro atoms. The lowest BCUT2D eigenvalue weighted by Crippen LogP contribution is -2.16. The van der Waals surface area contributed by atoms with Gasteiger partial charge in [0.15, 0.2) is 11.6 Å². The van der Waals surface area contributed by atoms with E-state index in [4.69, 9.17) is 0 Å². The van der Waals surface area contributed by atoms with Crippen molar-refractivity contribution < 1.29 is 12.8 Å². The van der Waals surface area contributed by atoms with Crippen molar-refractivity contribution in [1.29, 1.82) is 0 Å². The lowest BCUT2D eigenvalue weighted by Gasteiger charge is -2.14. The molecule has 0 unspecified atom stereocenters. The van der Waals surface area contributed by atoms with E-state index in [1.54, 1.807) is 18.2 Å². The predicted molar refractivity (Wildman–Crippen MR) is 116 cm³/mol. The normalized spacial score (nSPS) is 11.4. The number of nitrogens with one attached hydrogen (secondary N) is 2. The molecule has 0 atom stereocenters. The largest absolute Gasteiger partial charge is 0.337 e. The smallest absolute Gasteiger partial charge is 0.263 e. The summed E-state index contributed by atoms with van der Waals surface area (Å²) in [6.07, 6.45) is 0.864. The zero-order valence-corrected chi connectivity index (χ0v) is 16.9. The minimum atomic E-state index is -3.99. The molecule has 4 aromatic rings. The van der Waals surface area contributed by atoms with Crippen molar-refractivity contribution in [2.45, 2.75) is 18.2 Å². The van der Waals surface area contributed by atoms with Crippen LogP contribution in [0.15, 0.2) is 77.7 Å². The van der Waals surface area contributed by atoms with Crippen LogP contribution in [-0.4, -0.2) is 18.4 Å². The third-order valence-corrected chi connectivity index (χ3v) is 5.88. The van der Waals surface area contributed by atoms with E-state index in [0.29, 0.717) is 11.0 Å². The number of halogens is 1. The molecule has 30 heavy (non-hydrogen) atoms. The van der Waals surface area contributed by atoms with E-state index in [-0.39, 0.29) is 16.5 Å². The van der Waals surface area contributed by atoms with Crippen LogP contribution in [0, 0.1) is 5.82 Å². The van der Waals surface area contributed by atoms with Crippen LogP contribution in [0.4, 0.5) is 21.7 Å². The third-order valence-electron chi connectivity index (χ3n) is 4.52. The Morgan fingerprint density at radius 2 is 1.53 bits per heavy atom. The van der Waals surface area contributed by atoms with Crippen molar-refractivity contribution in [3.63, 3.8) is 0 Å². The first kappa shape index (κ1) is 19.8. The maximum atomic E-state index is 13.2. The van der Waals surface area contributed by atoms with Gasteiger partial charge in [0, 0.05) is 5.69 Å². The number of aryl methyl sites for hydroxylation is 1. The van der Waals surface area contributed by atoms with Gasteiger partial charge in [0.2, 0.25) is 0 Å². The number of nitrogens with zero attached hydrogens (tertiary/aromatic N) is 2. The van der Waals surface area contributed by atoms with E-state index in [1.807, 2.05) is 30.3 Å². The van der Waals surface area contributed by atoms with E-state index >= 15 is 0 Å². The number of hydrogen-bond donors (Lipinski definition) is 2. The van der Waals surface area contributed by atoms with Gasteiger partial charge in [-0.05, 0) is 60.5 Å². The number of para-hydroxylation sites is 2. The number of fused-ring (bicyclic) bond motifs is 1. The Balaban J connectivity index is 1.77. The highest BCUT2D eigenvalue weighted by atomic mass is 32.2. The maximum absolute atomic E-state index is 13.2. The summed E-state index contributed by atoms with van der Waals surface area (Å²) in [6, 6.07) is 19.5. The van der Waals surface area contributed by atoms with Gasteiger partial charge in [0.1, 0.15) is 5.82 Å². The van der Waals surface area contributed by atoms with Crippen LogP contribution in [0.3, 0.4) is 0 Å². The summed E-state index contributed by atoms with van der Waals surface area (Å²) in [5, 5.41) is 3.16. The van der Waals surface area contributed by atoms with Crippen molar-refractivity contribution in [1.82, 2.24) is 9.97 Å². The quantitative estimate of drug-likeness (QED) is 0.463. The van der Waals surface area contributed by atoms with Crippen LogP contribution >= 0.6 is 0 Å². The lowest BCUT2D eigenvalue weighted by atomic mass is 10.1. The molecule has 6 nitrogen and oxygen atoms in total. The molecule has 0 aliphatic rings. The van der Waals surface area contributed by atoms with Crippen LogP contribution in [0.25, 0.3) is 11.0 Å². The molecule has 0 bridgehead atoms. The molecule has 0 saturated heterocycles. The van der Waals surface area contributed by atoms with Gasteiger partial charge in [-0.1, -0.05) is 31.2 Å². The van der Waals surface area contributed by atoms with E-state index in [0.717, 1.165) is 29.8 Å². The average Bonchev–Trinajstić information content (AvgIpc) is 2.74. The topological polar surface area (TPSA) is 84.0 Å². The molecule has 1 heterocycles. The van der Waals surface area contributed by atoms with E-state index in [2.05, 4.69) is 26.9 Å². The number of sulfonamides is 1. The van der Waals surface area contributed by atoms with Crippen molar-refractivity contribution in [2.24, 2.45) is 0 Å². The van der Waals surface area contributed by atoms with Crippen LogP contribution in [0.1, 0.15) is 12.5 Å². The molecule has 3 aromatic carbocycles. The van der Waals surface area contributed by atoms with Crippen LogP contribution < -0.4 is 10.0 Å². The molecular weight excluding hydrogens is 403 g/mol. The minimum Gasteiger partial charge on any atom is -0.337 e. The highest BCUT2D eigenvalue weighted by molar-refractivity contribution is 7.92. The monoisotopic (exact) mass is 422 g/mol. The zero-order chi connectivity index (χ0) is 21.1. The molecule has 0 fully saturated rings. The number of rotatable bonds is 6. The Morgan fingerprint density at radius 3 is 2.20 bits per heavy atom. The number of anilines is 3. The van der Waals surface area contributed by atoms with Gasteiger partial charge in [-0.15, -0.1) is 0 Å². The van der Waals surface area contributed by atoms with Crippen LogP contribution in [0.2, 0.25) is 0 Å². The molecule has 0 radical (unpaired) electrons. The molecule has 4 rings (SSSR count). The molecule has 0 aliphatic heterocycles. The molecule has 0 saturated carbocycles. The fourth-order valence-electron chi connectivity index (χ4n) is 2.96. The molecule has 152 valence electrons. The maximum Gasteiger partial charge on any atom is 0.263 e. The Morgan fingerprint density at radius 1 is 0.867 bits per heavy atom. The van der Waals surface area contributed by atoms with Gasteiger partial charge in [-0.25, -0.2) is 22.8 Å². The van der Waals surface area contributed by atoms with E-state index in [9.17, 15) is 12.8 Å². The SMILES string of the molecule is CCc1cccc(Nc2nc3ccccc3nc2NS(=O)(=O)c2ccc(F)cc2)c1. The fourth-order valence-corrected chi connectivity index (χ4v) is 3.97. The first-order valence-electron chi connectivity index (χ1n) is 9.36. The highest BCUT2D eigenvalue weighted by Gasteiger charge is 2.19. The summed E-state index contributed by atoms with van der Waals surface area (Å²) < 4.78 is 41.3. The first-order valence-corrected chi connectivity index (χ1v) is 10.8. The van der Waals surface area contributed by atoms with Gasteiger partial charge in [0.05, 0.1) is 15.9 Å². The first-order chi connectivity index (χ1) is 14.4. The van der Waals surface area contributed by atoms with Gasteiger partial charge in [-0.3, -0.25) is 4.72 Å². The van der Waals surface area contributed by atoms with Gasteiger partial charge >= 0.3 is 0 Å². The Hall–Kier alpha value is -3.52. The van der Waals surface area contributed by atoms with Gasteiger partial charge in [0.25, 0.3) is 10.0 Å². The second-order valence-electron chi connectivity index (χ2n) is 6.65. The lowest BCUT2D eigenvalue weighted by molar-refractivity contribution is 0.599. The van der Waals surface area contributed by atoms with Crippen molar-refractivity contribution in [3.05, 3.63) is 84.2 Å². The Kier molecular flexibility index (Phi) is 5.33. The summed E-state index contributed by atoms with van der Waals surface area (Å²) in [4.78, 5) is 8.94. The molecular formula is C22H19FN4O2S. The van der Waals surface area contributed by atoms with E-state index in [1.165, 1.54) is 12.1 Å². The molecule has 2 N–H and O–H groups in total. The summed E-state index contributed by atoms with van der Waals surface area (Å²) in [6.45, 7) is 2.05. The van der Waals surface area contributed by atoms with Crippen LogP contribution in [-0.2, 0) is 16.4 Å². The molecule has 0 aliphatic carbocycles. The summed E-state index contributed by atoms with van der Waals surface area (Å²) >= 11 is 0. The highest BCUT2D eigenvalue weighted by Crippen LogP contribution is 2.27. The number of hydrogen-bond acceptors (Lipinski definition) is 5.